The molecule has 0 saturated heterocycles. The highest BCUT2D eigenvalue weighted by Gasteiger charge is 2.26. The van der Waals surface area contributed by atoms with Crippen LogP contribution >= 0.6 is 11.3 Å². The summed E-state index contributed by atoms with van der Waals surface area (Å²) in [6, 6.07) is 7.34. The van der Waals surface area contributed by atoms with E-state index in [1.807, 2.05) is 32.9 Å². The Labute approximate surface area is 191 Å². The van der Waals surface area contributed by atoms with E-state index >= 15 is 0 Å². The number of hydrogen-bond acceptors (Lipinski definition) is 6. The van der Waals surface area contributed by atoms with Crippen LogP contribution in [0.25, 0.3) is 11.4 Å². The zero-order valence-electron chi connectivity index (χ0n) is 18.6. The Hall–Kier alpha value is -3.07. The Kier molecular flexibility index (Phi) is 6.64. The molecule has 2 aromatic heterocycles. The molecule has 2 heterocycles. The molecule has 1 aliphatic carbocycles. The number of nitrogens with zero attached hydrogens (tertiary/aromatic N) is 4. The Bertz CT molecular complexity index is 1130. The van der Waals surface area contributed by atoms with Crippen LogP contribution in [-0.2, 0) is 12.8 Å². The van der Waals surface area contributed by atoms with E-state index < -0.39 is 0 Å². The molecule has 0 fully saturated rings. The summed E-state index contributed by atoms with van der Waals surface area (Å²) in [7, 11) is 0. The predicted molar refractivity (Wildman–Crippen MR) is 125 cm³/mol. The molecule has 1 aliphatic rings. The van der Waals surface area contributed by atoms with Crippen molar-refractivity contribution in [2.24, 2.45) is 0 Å². The second kappa shape index (κ2) is 9.60. The van der Waals surface area contributed by atoms with Crippen molar-refractivity contribution in [2.45, 2.75) is 58.9 Å². The summed E-state index contributed by atoms with van der Waals surface area (Å²) < 4.78 is 1.72. The number of tetrazole rings is 1. The van der Waals surface area contributed by atoms with Crippen molar-refractivity contribution < 1.29 is 9.59 Å². The summed E-state index contributed by atoms with van der Waals surface area (Å²) >= 11 is 1.53. The van der Waals surface area contributed by atoms with E-state index in [0.717, 1.165) is 43.2 Å². The Balaban J connectivity index is 1.63. The maximum absolute atomic E-state index is 13.2. The van der Waals surface area contributed by atoms with Gasteiger partial charge in [0.15, 0.2) is 5.82 Å². The molecule has 32 heavy (non-hydrogen) atoms. The lowest BCUT2D eigenvalue weighted by molar-refractivity contribution is 0.0954. The fraction of sp³-hybridized carbons (Fsp3) is 0.435. The first-order valence-corrected chi connectivity index (χ1v) is 11.9. The smallest absolute Gasteiger partial charge is 0.256 e. The van der Waals surface area contributed by atoms with Gasteiger partial charge in [0.05, 0.1) is 11.6 Å². The third-order valence-electron chi connectivity index (χ3n) is 5.53. The molecule has 2 N–H and O–H groups in total. The summed E-state index contributed by atoms with van der Waals surface area (Å²) in [5.41, 5.74) is 2.98. The van der Waals surface area contributed by atoms with E-state index in [1.165, 1.54) is 16.2 Å². The molecular weight excluding hydrogens is 424 g/mol. The molecule has 9 heteroatoms. The first-order chi connectivity index (χ1) is 15.5. The van der Waals surface area contributed by atoms with Crippen molar-refractivity contribution in [3.63, 3.8) is 0 Å². The average molecular weight is 453 g/mol. The number of benzene rings is 1. The van der Waals surface area contributed by atoms with Crippen LogP contribution in [0.3, 0.4) is 0 Å². The molecule has 0 saturated carbocycles. The van der Waals surface area contributed by atoms with Gasteiger partial charge in [0.25, 0.3) is 11.8 Å². The van der Waals surface area contributed by atoms with Crippen molar-refractivity contribution >= 4 is 28.2 Å². The summed E-state index contributed by atoms with van der Waals surface area (Å²) in [5.74, 6) is 0.255. The number of thiophene rings is 1. The minimum Gasteiger partial charge on any atom is -0.352 e. The van der Waals surface area contributed by atoms with E-state index in [4.69, 9.17) is 0 Å². The van der Waals surface area contributed by atoms with Gasteiger partial charge in [0, 0.05) is 22.5 Å². The van der Waals surface area contributed by atoms with Crippen molar-refractivity contribution in [2.75, 3.05) is 11.9 Å². The minimum atomic E-state index is -0.251. The van der Waals surface area contributed by atoms with Gasteiger partial charge in [-0.1, -0.05) is 19.1 Å². The molecule has 0 radical (unpaired) electrons. The highest BCUT2D eigenvalue weighted by atomic mass is 32.1. The van der Waals surface area contributed by atoms with E-state index in [1.54, 1.807) is 16.8 Å². The monoisotopic (exact) mass is 452 g/mol. The lowest BCUT2D eigenvalue weighted by Gasteiger charge is -2.13. The maximum Gasteiger partial charge on any atom is 0.256 e. The van der Waals surface area contributed by atoms with Crippen molar-refractivity contribution in [1.82, 2.24) is 25.5 Å². The third-order valence-corrected chi connectivity index (χ3v) is 6.73. The number of aromatic nitrogens is 4. The zero-order valence-corrected chi connectivity index (χ0v) is 19.5. The van der Waals surface area contributed by atoms with Gasteiger partial charge in [-0.05, 0) is 74.1 Å². The summed E-state index contributed by atoms with van der Waals surface area (Å²) in [4.78, 5) is 27.3. The molecule has 0 bridgehead atoms. The highest BCUT2D eigenvalue weighted by Crippen LogP contribution is 2.38. The minimum absolute atomic E-state index is 0.0964. The normalized spacial score (nSPS) is 13.1. The largest absolute Gasteiger partial charge is 0.352 e. The second-order valence-electron chi connectivity index (χ2n) is 8.25. The molecular formula is C23H28N6O2S. The fourth-order valence-corrected chi connectivity index (χ4v) is 5.21. The summed E-state index contributed by atoms with van der Waals surface area (Å²) in [6.07, 6.45) is 4.88. The number of nitrogens with one attached hydrogen (secondary N) is 2. The Morgan fingerprint density at radius 1 is 1.19 bits per heavy atom. The van der Waals surface area contributed by atoms with Crippen LogP contribution in [-0.4, -0.2) is 38.6 Å². The molecule has 168 valence electrons. The number of carbonyl (C=O) groups excluding carboxylic acids is 2. The number of fused-ring (bicyclic) bond motifs is 1. The van der Waals surface area contributed by atoms with Gasteiger partial charge in [0.1, 0.15) is 5.00 Å². The van der Waals surface area contributed by atoms with Crippen molar-refractivity contribution in [3.05, 3.63) is 45.8 Å². The van der Waals surface area contributed by atoms with E-state index in [0.29, 0.717) is 28.5 Å². The quantitative estimate of drug-likeness (QED) is 0.558. The lowest BCUT2D eigenvalue weighted by Crippen LogP contribution is -2.26. The van der Waals surface area contributed by atoms with E-state index in [-0.39, 0.29) is 17.9 Å². The van der Waals surface area contributed by atoms with Crippen LogP contribution in [0, 0.1) is 0 Å². The van der Waals surface area contributed by atoms with Crippen LogP contribution < -0.4 is 10.6 Å². The molecule has 2 amide bonds. The van der Waals surface area contributed by atoms with Crippen LogP contribution in [0.5, 0.6) is 0 Å². The number of anilines is 1. The number of aryl methyl sites for hydroxylation is 1. The molecule has 0 atom stereocenters. The SMILES string of the molecule is CCCNC(=O)c1c(NC(=O)c2cccc(-c3nnnn3C(C)C)c2)sc2c1CCCC2. The van der Waals surface area contributed by atoms with Crippen molar-refractivity contribution in [1.29, 1.82) is 0 Å². The Morgan fingerprint density at radius 2 is 2.00 bits per heavy atom. The van der Waals surface area contributed by atoms with Gasteiger partial charge in [-0.25, -0.2) is 4.68 Å². The Morgan fingerprint density at radius 3 is 2.78 bits per heavy atom. The predicted octanol–water partition coefficient (Wildman–Crippen LogP) is 4.25. The fourth-order valence-electron chi connectivity index (χ4n) is 3.93. The van der Waals surface area contributed by atoms with Gasteiger partial charge in [-0.15, -0.1) is 16.4 Å². The van der Waals surface area contributed by atoms with Gasteiger partial charge < -0.3 is 10.6 Å². The molecule has 0 spiro atoms. The standard InChI is InChI=1S/C23H28N6O2S/c1-4-12-24-22(31)19-17-10-5-6-11-18(17)32-23(19)25-21(30)16-9-7-8-15(13-16)20-26-27-28-29(20)14(2)3/h7-9,13-14H,4-6,10-12H2,1-3H3,(H,24,31)(H,25,30). The van der Waals surface area contributed by atoms with Gasteiger partial charge in [-0.2, -0.15) is 0 Å². The van der Waals surface area contributed by atoms with Crippen molar-refractivity contribution in [3.8, 4) is 11.4 Å². The highest BCUT2D eigenvalue weighted by molar-refractivity contribution is 7.17. The molecule has 1 aromatic carbocycles. The summed E-state index contributed by atoms with van der Waals surface area (Å²) in [6.45, 7) is 6.64. The first-order valence-electron chi connectivity index (χ1n) is 11.1. The number of hydrogen-bond donors (Lipinski definition) is 2. The average Bonchev–Trinajstić information content (AvgIpc) is 3.42. The van der Waals surface area contributed by atoms with Crippen LogP contribution in [0.1, 0.15) is 77.2 Å². The number of amides is 2. The van der Waals surface area contributed by atoms with Crippen LogP contribution in [0.4, 0.5) is 5.00 Å². The van der Waals surface area contributed by atoms with Crippen LogP contribution in [0.2, 0.25) is 0 Å². The molecule has 3 aromatic rings. The van der Waals surface area contributed by atoms with Gasteiger partial charge in [0.2, 0.25) is 0 Å². The zero-order chi connectivity index (χ0) is 22.7. The number of rotatable bonds is 7. The second-order valence-corrected chi connectivity index (χ2v) is 9.35. The van der Waals surface area contributed by atoms with Gasteiger partial charge >= 0.3 is 0 Å². The van der Waals surface area contributed by atoms with Gasteiger partial charge in [-0.3, -0.25) is 9.59 Å². The molecule has 4 rings (SSSR count). The molecule has 8 nitrogen and oxygen atoms in total. The van der Waals surface area contributed by atoms with E-state index in [2.05, 4.69) is 26.2 Å². The first kappa shape index (κ1) is 22.1. The third kappa shape index (κ3) is 4.43. The molecule has 0 unspecified atom stereocenters. The van der Waals surface area contributed by atoms with Crippen LogP contribution in [0.15, 0.2) is 24.3 Å². The lowest BCUT2D eigenvalue weighted by atomic mass is 9.95. The molecule has 0 aliphatic heterocycles. The topological polar surface area (TPSA) is 102 Å². The summed E-state index contributed by atoms with van der Waals surface area (Å²) in [5, 5.41) is 18.6. The van der Waals surface area contributed by atoms with E-state index in [9.17, 15) is 9.59 Å². The maximum atomic E-state index is 13.2. The number of carbonyl (C=O) groups is 2.